The molecule has 10 amide bonds. The van der Waals surface area contributed by atoms with Gasteiger partial charge < -0.3 is 89.8 Å². The summed E-state index contributed by atoms with van der Waals surface area (Å²) in [5, 5.41) is 68.1. The number of benzene rings is 2. The Morgan fingerprint density at radius 3 is 1.71 bits per heavy atom. The second-order valence-corrected chi connectivity index (χ2v) is 20.8. The predicted octanol–water partition coefficient (Wildman–Crippen LogP) is -3.42. The summed E-state index contributed by atoms with van der Waals surface area (Å²) in [6, 6.07) is 0.556. The lowest BCUT2D eigenvalue weighted by Gasteiger charge is -2.33. The number of carbonyl (C=O) groups excluding carboxylic acids is 10. The molecular weight excluding hydrogens is 1070 g/mol. The topological polar surface area (TPSA) is 446 Å². The molecule has 0 spiro atoms. The van der Waals surface area contributed by atoms with Crippen molar-refractivity contribution >= 4 is 65.2 Å². The highest BCUT2D eigenvalue weighted by molar-refractivity contribution is 5.99. The molecule has 82 heavy (non-hydrogen) atoms. The SMILES string of the molecule is CC[C@H](C)[C@@H]1NC(=O)[C@@H](CCCN=C(N)N)NC(=O)[C@H](CC(C)C)NC(=O)[C@H]([C@H](O)C(C)C)NC(=O)[C@@H](NC(=O)OCc2ccccc2)[C@@H](c2ccccc2)NC(=O)[C@H](CO)NC(=O)C([C@@H](C)O)NC(=O)CNC(=O)[C@H]([C@H](C)O)NC1=O. The molecule has 1 aliphatic rings. The Kier molecular flexibility index (Phi) is 28.1. The van der Waals surface area contributed by atoms with Gasteiger partial charge in [-0.2, -0.15) is 0 Å². The molecule has 1 unspecified atom stereocenters. The van der Waals surface area contributed by atoms with Crippen LogP contribution >= 0.6 is 0 Å². The number of amides is 10. The summed E-state index contributed by atoms with van der Waals surface area (Å²) in [7, 11) is 0. The van der Waals surface area contributed by atoms with Gasteiger partial charge in [0.25, 0.3) is 0 Å². The summed E-state index contributed by atoms with van der Waals surface area (Å²) in [6.07, 6.45) is -6.08. The number of rotatable bonds is 17. The average molecular weight is 1150 g/mol. The van der Waals surface area contributed by atoms with Crippen molar-refractivity contribution in [3.8, 4) is 0 Å². The van der Waals surface area contributed by atoms with Gasteiger partial charge in [-0.25, -0.2) is 4.79 Å². The van der Waals surface area contributed by atoms with E-state index < -0.39 is 157 Å². The maximum absolute atomic E-state index is 15.0. The number of aliphatic hydroxyl groups is 4. The predicted molar refractivity (Wildman–Crippen MR) is 298 cm³/mol. The van der Waals surface area contributed by atoms with Crippen molar-refractivity contribution in [2.75, 3.05) is 19.7 Å². The second-order valence-electron chi connectivity index (χ2n) is 20.8. The highest BCUT2D eigenvalue weighted by Gasteiger charge is 2.41. The van der Waals surface area contributed by atoms with E-state index in [1.807, 2.05) is 0 Å². The lowest BCUT2D eigenvalue weighted by atomic mass is 9.94. The van der Waals surface area contributed by atoms with E-state index in [4.69, 9.17) is 16.2 Å². The molecule has 3 rings (SSSR count). The van der Waals surface area contributed by atoms with Crippen molar-refractivity contribution in [2.45, 2.75) is 160 Å². The van der Waals surface area contributed by atoms with Gasteiger partial charge in [0.2, 0.25) is 53.2 Å². The van der Waals surface area contributed by atoms with Gasteiger partial charge in [-0.15, -0.1) is 0 Å². The van der Waals surface area contributed by atoms with E-state index in [2.05, 4.69) is 58.2 Å². The van der Waals surface area contributed by atoms with Crippen molar-refractivity contribution in [2.24, 2.45) is 34.2 Å². The molecule has 1 heterocycles. The van der Waals surface area contributed by atoms with Crippen LogP contribution in [-0.2, 0) is 54.5 Å². The van der Waals surface area contributed by atoms with E-state index >= 15 is 0 Å². The molecule has 28 heteroatoms. The second kappa shape index (κ2) is 33.7. The molecule has 0 bridgehead atoms. The first-order chi connectivity index (χ1) is 38.7. The van der Waals surface area contributed by atoms with Gasteiger partial charge in [-0.3, -0.25) is 48.1 Å². The van der Waals surface area contributed by atoms with Crippen molar-refractivity contribution in [3.63, 3.8) is 0 Å². The third-order valence-corrected chi connectivity index (χ3v) is 13.3. The number of aliphatic hydroxyl groups excluding tert-OH is 4. The molecule has 2 aromatic rings. The Hall–Kier alpha value is -7.95. The van der Waals surface area contributed by atoms with Crippen LogP contribution in [0.3, 0.4) is 0 Å². The van der Waals surface area contributed by atoms with Gasteiger partial charge in [-0.05, 0) is 62.0 Å². The van der Waals surface area contributed by atoms with Crippen LogP contribution in [0.1, 0.15) is 98.2 Å². The van der Waals surface area contributed by atoms with Gasteiger partial charge in [0.05, 0.1) is 37.5 Å². The number of carbonyl (C=O) groups is 10. The summed E-state index contributed by atoms with van der Waals surface area (Å²) in [4.78, 5) is 145. The monoisotopic (exact) mass is 1150 g/mol. The molecule has 0 radical (unpaired) electrons. The molecule has 1 aliphatic heterocycles. The van der Waals surface area contributed by atoms with Crippen LogP contribution in [0.5, 0.6) is 0 Å². The van der Waals surface area contributed by atoms with E-state index in [0.717, 1.165) is 6.92 Å². The summed E-state index contributed by atoms with van der Waals surface area (Å²) >= 11 is 0. The smallest absolute Gasteiger partial charge is 0.408 e. The summed E-state index contributed by atoms with van der Waals surface area (Å²) in [6.45, 7) is 9.77. The maximum atomic E-state index is 15.0. The lowest BCUT2D eigenvalue weighted by molar-refractivity contribution is -0.138. The van der Waals surface area contributed by atoms with Crippen LogP contribution < -0.4 is 64.6 Å². The fourth-order valence-electron chi connectivity index (χ4n) is 8.38. The highest BCUT2D eigenvalue weighted by atomic mass is 16.5. The third-order valence-electron chi connectivity index (χ3n) is 13.3. The van der Waals surface area contributed by atoms with Crippen LogP contribution in [0.25, 0.3) is 0 Å². The largest absolute Gasteiger partial charge is 0.445 e. The van der Waals surface area contributed by atoms with E-state index in [1.165, 1.54) is 45.0 Å². The van der Waals surface area contributed by atoms with Crippen LogP contribution in [0, 0.1) is 17.8 Å². The van der Waals surface area contributed by atoms with Gasteiger partial charge in [-0.1, -0.05) is 109 Å². The zero-order valence-corrected chi connectivity index (χ0v) is 47.5. The number of nitrogens with one attached hydrogen (secondary N) is 10. The van der Waals surface area contributed by atoms with Crippen LogP contribution in [0.4, 0.5) is 4.79 Å². The highest BCUT2D eigenvalue weighted by Crippen LogP contribution is 2.21. The number of ether oxygens (including phenoxy) is 1. The normalized spacial score (nSPS) is 25.0. The molecule has 2 aromatic carbocycles. The number of aliphatic imine (C=N–C) groups is 1. The molecule has 1 saturated heterocycles. The number of guanidine groups is 1. The molecule has 0 saturated carbocycles. The Balaban J connectivity index is 2.30. The number of hydrogen-bond acceptors (Lipinski definition) is 16. The number of hydrogen-bond donors (Lipinski definition) is 16. The van der Waals surface area contributed by atoms with Crippen molar-refractivity contribution in [1.82, 2.24) is 53.2 Å². The minimum atomic E-state index is -1.96. The van der Waals surface area contributed by atoms with Gasteiger partial charge in [0.1, 0.15) is 54.9 Å². The van der Waals surface area contributed by atoms with Gasteiger partial charge in [0, 0.05) is 6.54 Å². The summed E-state index contributed by atoms with van der Waals surface area (Å²) in [5.74, 6) is -11.7. The average Bonchev–Trinajstić information content (AvgIpc) is 3.61. The van der Waals surface area contributed by atoms with Gasteiger partial charge in [0.15, 0.2) is 5.96 Å². The first-order valence-electron chi connectivity index (χ1n) is 27.1. The first-order valence-corrected chi connectivity index (χ1v) is 27.1. The Bertz CT molecular complexity index is 2500. The van der Waals surface area contributed by atoms with Crippen LogP contribution in [-0.4, -0.2) is 172 Å². The van der Waals surface area contributed by atoms with Crippen LogP contribution in [0.15, 0.2) is 65.7 Å². The Labute approximate surface area is 476 Å². The minimum Gasteiger partial charge on any atom is -0.445 e. The fraction of sp³-hybridized carbons (Fsp3) is 0.574. The van der Waals surface area contributed by atoms with E-state index in [9.17, 15) is 68.4 Å². The summed E-state index contributed by atoms with van der Waals surface area (Å²) < 4.78 is 5.47. The molecule has 454 valence electrons. The fourth-order valence-corrected chi connectivity index (χ4v) is 8.38. The maximum Gasteiger partial charge on any atom is 0.408 e. The molecule has 13 atom stereocenters. The van der Waals surface area contributed by atoms with E-state index in [1.54, 1.807) is 64.1 Å². The number of alkyl carbamates (subject to hydrolysis) is 1. The molecule has 0 aliphatic carbocycles. The molecule has 18 N–H and O–H groups in total. The van der Waals surface area contributed by atoms with Gasteiger partial charge >= 0.3 is 6.09 Å². The molecule has 28 nitrogen and oxygen atoms in total. The number of nitrogens with two attached hydrogens (primary N) is 2. The molecular formula is C54H83N13O15. The first kappa shape index (κ1) is 68.3. The van der Waals surface area contributed by atoms with E-state index in [0.29, 0.717) is 5.56 Å². The zero-order valence-electron chi connectivity index (χ0n) is 47.5. The minimum absolute atomic E-state index is 0.00854. The molecule has 0 aromatic heterocycles. The lowest BCUT2D eigenvalue weighted by Crippen LogP contribution is -2.64. The quantitative estimate of drug-likeness (QED) is 0.0417. The third kappa shape index (κ3) is 21.8. The van der Waals surface area contributed by atoms with Crippen molar-refractivity contribution in [3.05, 3.63) is 71.8 Å². The standard InChI is InChI=1S/C54H83N13O15/c1-9-29(6)38-49(77)64-39(30(7)69)48(76)58-24-37(71)62-40(31(8)70)50(78)61-36(25-68)47(75)65-41(33-19-14-11-15-20-33)42(67-54(81)82-26-32-17-12-10-13-18-32)51(79)66-43(44(72)28(4)5)52(80)60-35(23-27(2)3)46(74)59-34(45(73)63-38)21-16-22-57-53(55)56/h10-15,17-20,27-31,34-36,38-44,68-70,72H,9,16,21-26H2,1-8H3,(H,58,76)(H,59,74)(H,60,80)(H,61,78)(H,62,71)(H,63,73)(H,64,77)(H,65,75)(H,66,79)(H,67,81)(H4,55,56,57)/t29-,30-,31+,34+,35-,36-,38-,39-,40?,41+,42-,43-,44+/m0/s1. The molecule has 1 fully saturated rings. The van der Waals surface area contributed by atoms with Crippen LogP contribution in [0.2, 0.25) is 0 Å². The zero-order chi connectivity index (χ0) is 61.4. The number of nitrogens with zero attached hydrogens (tertiary/aromatic N) is 1. The van der Waals surface area contributed by atoms with Crippen molar-refractivity contribution < 1.29 is 73.1 Å². The Morgan fingerprint density at radius 2 is 1.15 bits per heavy atom. The Morgan fingerprint density at radius 1 is 0.634 bits per heavy atom. The van der Waals surface area contributed by atoms with E-state index in [-0.39, 0.29) is 56.3 Å². The summed E-state index contributed by atoms with van der Waals surface area (Å²) in [5.41, 5.74) is 11.7. The van der Waals surface area contributed by atoms with Crippen molar-refractivity contribution in [1.29, 1.82) is 0 Å².